The van der Waals surface area contributed by atoms with E-state index in [-0.39, 0.29) is 5.91 Å². The fraction of sp³-hybridized carbons (Fsp3) is 0.429. The monoisotopic (exact) mass is 414 g/mol. The average molecular weight is 415 g/mol. The molecule has 0 radical (unpaired) electrons. The fourth-order valence-electron chi connectivity index (χ4n) is 3.93. The molecule has 0 aliphatic carbocycles. The van der Waals surface area contributed by atoms with Crippen LogP contribution in [0.2, 0.25) is 5.02 Å². The van der Waals surface area contributed by atoms with E-state index in [2.05, 4.69) is 4.98 Å². The normalized spacial score (nSPS) is 17.1. The lowest BCUT2D eigenvalue weighted by Gasteiger charge is -2.35. The van der Waals surface area contributed by atoms with Crippen molar-refractivity contribution in [2.45, 2.75) is 19.8 Å². The zero-order valence-electron chi connectivity index (χ0n) is 16.4. The number of aromatic nitrogens is 1. The van der Waals surface area contributed by atoms with Gasteiger partial charge in [-0.15, -0.1) is 0 Å². The summed E-state index contributed by atoms with van der Waals surface area (Å²) in [6.45, 7) is 4.63. The van der Waals surface area contributed by atoms with Gasteiger partial charge in [0, 0.05) is 49.7 Å². The molecule has 2 aliphatic heterocycles. The van der Waals surface area contributed by atoms with Crippen LogP contribution in [0.1, 0.15) is 28.9 Å². The van der Waals surface area contributed by atoms with Crippen molar-refractivity contribution in [1.82, 2.24) is 19.7 Å². The third kappa shape index (κ3) is 3.92. The molecule has 8 heteroatoms. The number of amides is 3. The number of carbonyl (C=O) groups excluding carboxylic acids is 3. The minimum Gasteiger partial charge on any atom is -0.335 e. The van der Waals surface area contributed by atoms with E-state index in [1.807, 2.05) is 19.1 Å². The molecule has 0 bridgehead atoms. The van der Waals surface area contributed by atoms with Crippen LogP contribution in [0.5, 0.6) is 0 Å². The van der Waals surface area contributed by atoms with Gasteiger partial charge in [-0.25, -0.2) is 0 Å². The topological polar surface area (TPSA) is 73.8 Å². The van der Waals surface area contributed by atoms with Crippen LogP contribution >= 0.6 is 11.6 Å². The van der Waals surface area contributed by atoms with E-state index in [4.69, 9.17) is 11.6 Å². The van der Waals surface area contributed by atoms with Gasteiger partial charge in [0.1, 0.15) is 0 Å². The van der Waals surface area contributed by atoms with Gasteiger partial charge in [-0.1, -0.05) is 11.6 Å². The van der Waals surface area contributed by atoms with Crippen LogP contribution in [-0.4, -0.2) is 76.7 Å². The Hall–Kier alpha value is -2.67. The van der Waals surface area contributed by atoms with Crippen molar-refractivity contribution in [2.75, 3.05) is 39.3 Å². The molecule has 4 rings (SSSR count). The molecule has 29 heavy (non-hydrogen) atoms. The first-order chi connectivity index (χ1) is 13.9. The summed E-state index contributed by atoms with van der Waals surface area (Å²) in [7, 11) is 0. The van der Waals surface area contributed by atoms with E-state index in [1.165, 1.54) is 0 Å². The zero-order chi connectivity index (χ0) is 20.5. The van der Waals surface area contributed by atoms with Crippen molar-refractivity contribution in [3.63, 3.8) is 0 Å². The second-order valence-electron chi connectivity index (χ2n) is 7.54. The molecule has 0 spiro atoms. The van der Waals surface area contributed by atoms with Gasteiger partial charge in [-0.05, 0) is 44.0 Å². The minimum atomic E-state index is -0.461. The molecule has 2 saturated heterocycles. The zero-order valence-corrected chi connectivity index (χ0v) is 17.1. The molecule has 0 saturated carbocycles. The lowest BCUT2D eigenvalue weighted by molar-refractivity contribution is -0.152. The van der Waals surface area contributed by atoms with E-state index >= 15 is 0 Å². The summed E-state index contributed by atoms with van der Waals surface area (Å²) < 4.78 is 0. The molecule has 3 heterocycles. The van der Waals surface area contributed by atoms with Gasteiger partial charge in [0.25, 0.3) is 5.91 Å². The van der Waals surface area contributed by atoms with E-state index in [1.54, 1.807) is 26.8 Å². The molecule has 2 aromatic rings. The Morgan fingerprint density at radius 2 is 1.45 bits per heavy atom. The highest BCUT2D eigenvalue weighted by Crippen LogP contribution is 2.22. The maximum Gasteiger partial charge on any atom is 0.312 e. The second-order valence-corrected chi connectivity index (χ2v) is 7.98. The smallest absolute Gasteiger partial charge is 0.312 e. The Balaban J connectivity index is 1.44. The summed E-state index contributed by atoms with van der Waals surface area (Å²) in [6, 6.07) is 7.22. The molecule has 2 aliphatic rings. The number of halogens is 1. The molecule has 0 atom stereocenters. The largest absolute Gasteiger partial charge is 0.335 e. The lowest BCUT2D eigenvalue weighted by atomic mass is 10.1. The lowest BCUT2D eigenvalue weighted by Crippen LogP contribution is -2.54. The first-order valence-corrected chi connectivity index (χ1v) is 10.3. The first kappa shape index (κ1) is 19.6. The summed E-state index contributed by atoms with van der Waals surface area (Å²) in [5.41, 5.74) is 1.99. The van der Waals surface area contributed by atoms with E-state index < -0.39 is 11.8 Å². The molecule has 0 N–H and O–H groups in total. The van der Waals surface area contributed by atoms with Gasteiger partial charge in [-0.2, -0.15) is 0 Å². The highest BCUT2D eigenvalue weighted by molar-refractivity contribution is 6.35. The molecule has 7 nitrogen and oxygen atoms in total. The Kier molecular flexibility index (Phi) is 5.41. The molecule has 1 aromatic carbocycles. The van der Waals surface area contributed by atoms with Gasteiger partial charge >= 0.3 is 11.8 Å². The highest BCUT2D eigenvalue weighted by Gasteiger charge is 2.32. The van der Waals surface area contributed by atoms with Crippen molar-refractivity contribution < 1.29 is 14.4 Å². The van der Waals surface area contributed by atoms with Crippen LogP contribution in [0.3, 0.4) is 0 Å². The molecular formula is C21H23ClN4O3. The molecule has 0 unspecified atom stereocenters. The van der Waals surface area contributed by atoms with Crippen molar-refractivity contribution in [1.29, 1.82) is 0 Å². The predicted octanol–water partition coefficient (Wildman–Crippen LogP) is 2.10. The molecule has 152 valence electrons. The Morgan fingerprint density at radius 3 is 2.10 bits per heavy atom. The van der Waals surface area contributed by atoms with Crippen molar-refractivity contribution in [3.05, 3.63) is 40.5 Å². The highest BCUT2D eigenvalue weighted by atomic mass is 35.5. The number of nitrogens with zero attached hydrogens (tertiary/aromatic N) is 4. The Morgan fingerprint density at radius 1 is 0.862 bits per heavy atom. The SMILES string of the molecule is Cc1nc2ccc(Cl)cc2cc1C(=O)N1CCN(C(=O)C(=O)N2CCCC2)CC1. The quantitative estimate of drug-likeness (QED) is 0.670. The number of fused-ring (bicyclic) bond motifs is 1. The Labute approximate surface area is 174 Å². The summed E-state index contributed by atoms with van der Waals surface area (Å²) in [5, 5.41) is 1.41. The van der Waals surface area contributed by atoms with E-state index in [0.29, 0.717) is 55.5 Å². The van der Waals surface area contributed by atoms with Crippen LogP contribution in [0, 0.1) is 6.92 Å². The third-order valence-corrected chi connectivity index (χ3v) is 5.86. The van der Waals surface area contributed by atoms with Gasteiger partial charge in [0.05, 0.1) is 16.8 Å². The number of benzene rings is 1. The van der Waals surface area contributed by atoms with Crippen molar-refractivity contribution in [3.8, 4) is 0 Å². The van der Waals surface area contributed by atoms with Crippen molar-refractivity contribution >= 4 is 40.2 Å². The number of likely N-dealkylation sites (tertiary alicyclic amines) is 1. The summed E-state index contributed by atoms with van der Waals surface area (Å²) in [6.07, 6.45) is 1.90. The van der Waals surface area contributed by atoms with Crippen molar-refractivity contribution in [2.24, 2.45) is 0 Å². The van der Waals surface area contributed by atoms with Crippen LogP contribution in [-0.2, 0) is 9.59 Å². The van der Waals surface area contributed by atoms with Gasteiger partial charge < -0.3 is 14.7 Å². The molecule has 3 amide bonds. The average Bonchev–Trinajstić information content (AvgIpc) is 3.27. The van der Waals surface area contributed by atoms with Gasteiger partial charge in [0.2, 0.25) is 0 Å². The number of hydrogen-bond donors (Lipinski definition) is 0. The summed E-state index contributed by atoms with van der Waals surface area (Å²) in [4.78, 5) is 47.2. The first-order valence-electron chi connectivity index (χ1n) is 9.88. The minimum absolute atomic E-state index is 0.116. The number of rotatable bonds is 1. The van der Waals surface area contributed by atoms with Crippen LogP contribution in [0.4, 0.5) is 0 Å². The maximum absolute atomic E-state index is 13.0. The number of piperazine rings is 1. The van der Waals surface area contributed by atoms with Crippen LogP contribution in [0.15, 0.2) is 24.3 Å². The number of hydrogen-bond acceptors (Lipinski definition) is 4. The standard InChI is InChI=1S/C21H23ClN4O3/c1-14-17(13-15-12-16(22)4-5-18(15)23-14)19(27)25-8-10-26(11-9-25)21(29)20(28)24-6-2-3-7-24/h4-5,12-13H,2-3,6-11H2,1H3. The van der Waals surface area contributed by atoms with E-state index in [9.17, 15) is 14.4 Å². The molecule has 2 fully saturated rings. The second kappa shape index (κ2) is 7.99. The molecular weight excluding hydrogens is 392 g/mol. The summed E-state index contributed by atoms with van der Waals surface area (Å²) in [5.74, 6) is -0.999. The summed E-state index contributed by atoms with van der Waals surface area (Å²) >= 11 is 6.07. The Bertz CT molecular complexity index is 979. The maximum atomic E-state index is 13.0. The number of pyridine rings is 1. The van der Waals surface area contributed by atoms with Crippen LogP contribution in [0.25, 0.3) is 10.9 Å². The van der Waals surface area contributed by atoms with E-state index in [0.717, 1.165) is 23.7 Å². The van der Waals surface area contributed by atoms with Crippen LogP contribution < -0.4 is 0 Å². The van der Waals surface area contributed by atoms with Gasteiger partial charge in [0.15, 0.2) is 0 Å². The van der Waals surface area contributed by atoms with Gasteiger partial charge in [-0.3, -0.25) is 19.4 Å². The predicted molar refractivity (Wildman–Crippen MR) is 110 cm³/mol. The number of carbonyl (C=O) groups is 3. The fourth-order valence-corrected chi connectivity index (χ4v) is 4.11. The molecule has 1 aromatic heterocycles. The third-order valence-electron chi connectivity index (χ3n) is 5.63. The number of aryl methyl sites for hydroxylation is 1.